The molecule has 0 amide bonds. The van der Waals surface area contributed by atoms with Gasteiger partial charge in [0.05, 0.1) is 22.5 Å². The molecule has 0 bridgehead atoms. The van der Waals surface area contributed by atoms with Crippen molar-refractivity contribution < 1.29 is 10.2 Å². The topological polar surface area (TPSA) is 56.1 Å². The van der Waals surface area contributed by atoms with Crippen LogP contribution in [0.2, 0.25) is 0 Å². The van der Waals surface area contributed by atoms with E-state index in [4.69, 9.17) is 0 Å². The molecule has 0 fully saturated rings. The first-order valence-corrected chi connectivity index (χ1v) is 8.10. The normalized spacial score (nSPS) is 16.1. The summed E-state index contributed by atoms with van der Waals surface area (Å²) in [5.41, 5.74) is 5.50. The molecule has 2 heterocycles. The summed E-state index contributed by atoms with van der Waals surface area (Å²) in [6.07, 6.45) is 5.81. The van der Waals surface area contributed by atoms with Gasteiger partial charge in [0, 0.05) is 19.8 Å². The molecule has 4 nitrogen and oxygen atoms in total. The summed E-state index contributed by atoms with van der Waals surface area (Å²) in [6, 6.07) is 7.37. The lowest BCUT2D eigenvalue weighted by Gasteiger charge is -2.31. The number of anilines is 1. The van der Waals surface area contributed by atoms with E-state index < -0.39 is 0 Å². The van der Waals surface area contributed by atoms with Crippen LogP contribution in [0.5, 0.6) is 11.5 Å². The Bertz CT molecular complexity index is 812. The van der Waals surface area contributed by atoms with Crippen molar-refractivity contribution in [3.63, 3.8) is 0 Å². The minimum Gasteiger partial charge on any atom is -0.507 e. The number of phenols is 2. The highest BCUT2D eigenvalue weighted by Gasteiger charge is 2.26. The standard InChI is InChI=1S/C19H20N2O2/c1-21-11-3-5-13-7-9-15(23)17(19(13)21)16-14(22)8-6-12-4-2-10-20-18(12)16/h6-10,22-23H,2-5,11H2,1H3. The number of fused-ring (bicyclic) bond motifs is 2. The second-order valence-corrected chi connectivity index (χ2v) is 6.31. The molecule has 2 N–H and O–H groups in total. The Morgan fingerprint density at radius 3 is 2.52 bits per heavy atom. The van der Waals surface area contributed by atoms with Crippen LogP contribution in [0.3, 0.4) is 0 Å². The molecule has 0 atom stereocenters. The molecule has 2 aromatic carbocycles. The van der Waals surface area contributed by atoms with E-state index in [2.05, 4.69) is 9.89 Å². The summed E-state index contributed by atoms with van der Waals surface area (Å²) in [6.45, 7) is 0.947. The molecule has 0 unspecified atom stereocenters. The van der Waals surface area contributed by atoms with E-state index in [0.717, 1.165) is 49.2 Å². The van der Waals surface area contributed by atoms with Crippen LogP contribution < -0.4 is 4.90 Å². The van der Waals surface area contributed by atoms with Gasteiger partial charge in [-0.15, -0.1) is 0 Å². The number of nitrogens with zero attached hydrogens (tertiary/aromatic N) is 2. The predicted octanol–water partition coefficient (Wildman–Crippen LogP) is 3.80. The van der Waals surface area contributed by atoms with Crippen molar-refractivity contribution in [2.75, 3.05) is 18.5 Å². The molecule has 23 heavy (non-hydrogen) atoms. The fourth-order valence-corrected chi connectivity index (χ4v) is 3.72. The number of aryl methyl sites for hydroxylation is 2. The molecule has 0 saturated carbocycles. The van der Waals surface area contributed by atoms with Gasteiger partial charge in [-0.2, -0.15) is 0 Å². The zero-order valence-electron chi connectivity index (χ0n) is 13.2. The molecule has 2 aliphatic rings. The molecule has 0 radical (unpaired) electrons. The maximum absolute atomic E-state index is 10.6. The van der Waals surface area contributed by atoms with Crippen molar-refractivity contribution in [1.82, 2.24) is 0 Å². The van der Waals surface area contributed by atoms with Crippen LogP contribution in [-0.2, 0) is 12.8 Å². The Morgan fingerprint density at radius 1 is 0.957 bits per heavy atom. The lowest BCUT2D eigenvalue weighted by molar-refractivity contribution is 0.468. The van der Waals surface area contributed by atoms with Crippen molar-refractivity contribution in [3.05, 3.63) is 35.4 Å². The SMILES string of the molecule is CN1CCCc2ccc(O)c(-c3c(O)ccc4c3N=CCC4)c21. The zero-order chi connectivity index (χ0) is 16.0. The number of hydrogen-bond donors (Lipinski definition) is 2. The fourth-order valence-electron chi connectivity index (χ4n) is 3.72. The van der Waals surface area contributed by atoms with Gasteiger partial charge in [0.1, 0.15) is 11.5 Å². The Balaban J connectivity index is 2.05. The molecule has 118 valence electrons. The maximum atomic E-state index is 10.6. The van der Waals surface area contributed by atoms with Gasteiger partial charge in [-0.05, 0) is 48.9 Å². The summed E-state index contributed by atoms with van der Waals surface area (Å²) in [5.74, 6) is 0.368. The molecule has 2 aromatic rings. The van der Waals surface area contributed by atoms with Gasteiger partial charge in [0.2, 0.25) is 0 Å². The first kappa shape index (κ1) is 14.1. The highest BCUT2D eigenvalue weighted by atomic mass is 16.3. The lowest BCUT2D eigenvalue weighted by Crippen LogP contribution is -2.25. The third-order valence-electron chi connectivity index (χ3n) is 4.81. The van der Waals surface area contributed by atoms with Gasteiger partial charge in [-0.25, -0.2) is 0 Å². The molecule has 0 aliphatic carbocycles. The summed E-state index contributed by atoms with van der Waals surface area (Å²) < 4.78 is 0. The first-order valence-electron chi connectivity index (χ1n) is 8.10. The van der Waals surface area contributed by atoms with Crippen LogP contribution in [0.15, 0.2) is 29.3 Å². The Morgan fingerprint density at radius 2 is 1.70 bits per heavy atom. The van der Waals surface area contributed by atoms with Crippen molar-refractivity contribution in [1.29, 1.82) is 0 Å². The third kappa shape index (κ3) is 2.17. The molecular formula is C19H20N2O2. The van der Waals surface area contributed by atoms with Crippen LogP contribution in [-0.4, -0.2) is 30.0 Å². The monoisotopic (exact) mass is 308 g/mol. The van der Waals surface area contributed by atoms with Crippen molar-refractivity contribution >= 4 is 17.6 Å². The van der Waals surface area contributed by atoms with Crippen molar-refractivity contribution in [2.45, 2.75) is 25.7 Å². The number of hydrogen-bond acceptors (Lipinski definition) is 4. The molecular weight excluding hydrogens is 288 g/mol. The van der Waals surface area contributed by atoms with E-state index in [-0.39, 0.29) is 11.5 Å². The zero-order valence-corrected chi connectivity index (χ0v) is 13.2. The number of benzene rings is 2. The van der Waals surface area contributed by atoms with Crippen molar-refractivity contribution in [3.8, 4) is 22.6 Å². The van der Waals surface area contributed by atoms with E-state index in [1.54, 1.807) is 12.1 Å². The van der Waals surface area contributed by atoms with E-state index in [9.17, 15) is 10.2 Å². The largest absolute Gasteiger partial charge is 0.507 e. The van der Waals surface area contributed by atoms with E-state index in [1.807, 2.05) is 25.4 Å². The molecule has 4 heteroatoms. The van der Waals surface area contributed by atoms with Crippen LogP contribution >= 0.6 is 0 Å². The van der Waals surface area contributed by atoms with Gasteiger partial charge in [0.25, 0.3) is 0 Å². The van der Waals surface area contributed by atoms with E-state index in [0.29, 0.717) is 11.1 Å². The van der Waals surface area contributed by atoms with Crippen LogP contribution in [0, 0.1) is 0 Å². The number of aliphatic imine (C=N–C) groups is 1. The number of phenolic OH excluding ortho intramolecular Hbond substituents is 2. The quantitative estimate of drug-likeness (QED) is 0.842. The average Bonchev–Trinajstić information content (AvgIpc) is 2.56. The summed E-state index contributed by atoms with van der Waals surface area (Å²) in [5, 5.41) is 21.1. The van der Waals surface area contributed by atoms with Gasteiger partial charge in [0.15, 0.2) is 0 Å². The first-order chi connectivity index (χ1) is 11.2. The smallest absolute Gasteiger partial charge is 0.125 e. The number of rotatable bonds is 1. The highest BCUT2D eigenvalue weighted by Crippen LogP contribution is 2.50. The molecule has 0 saturated heterocycles. The summed E-state index contributed by atoms with van der Waals surface area (Å²) in [4.78, 5) is 6.70. The van der Waals surface area contributed by atoms with E-state index >= 15 is 0 Å². The lowest BCUT2D eigenvalue weighted by atomic mass is 9.89. The Hall–Kier alpha value is -2.49. The minimum absolute atomic E-state index is 0.172. The van der Waals surface area contributed by atoms with Gasteiger partial charge < -0.3 is 15.1 Å². The number of aromatic hydroxyl groups is 2. The minimum atomic E-state index is 0.172. The Kier molecular flexibility index (Phi) is 3.26. The predicted molar refractivity (Wildman–Crippen MR) is 93.3 cm³/mol. The van der Waals surface area contributed by atoms with Crippen LogP contribution in [0.4, 0.5) is 11.4 Å². The average molecular weight is 308 g/mol. The summed E-state index contributed by atoms with van der Waals surface area (Å²) in [7, 11) is 2.04. The highest BCUT2D eigenvalue weighted by molar-refractivity contribution is 5.96. The molecule has 2 aliphatic heterocycles. The summed E-state index contributed by atoms with van der Waals surface area (Å²) >= 11 is 0. The van der Waals surface area contributed by atoms with E-state index in [1.165, 1.54) is 5.56 Å². The van der Waals surface area contributed by atoms with Gasteiger partial charge >= 0.3 is 0 Å². The molecule has 4 rings (SSSR count). The van der Waals surface area contributed by atoms with Gasteiger partial charge in [-0.1, -0.05) is 12.1 Å². The maximum Gasteiger partial charge on any atom is 0.125 e. The second kappa shape index (κ2) is 5.30. The Labute approximate surface area is 135 Å². The van der Waals surface area contributed by atoms with Gasteiger partial charge in [-0.3, -0.25) is 4.99 Å². The van der Waals surface area contributed by atoms with Crippen LogP contribution in [0.1, 0.15) is 24.0 Å². The molecule has 0 spiro atoms. The third-order valence-corrected chi connectivity index (χ3v) is 4.81. The fraction of sp³-hybridized carbons (Fsp3) is 0.316. The second-order valence-electron chi connectivity index (χ2n) is 6.31. The van der Waals surface area contributed by atoms with Crippen molar-refractivity contribution in [2.24, 2.45) is 4.99 Å². The molecule has 0 aromatic heterocycles. The van der Waals surface area contributed by atoms with Crippen LogP contribution in [0.25, 0.3) is 11.1 Å².